The van der Waals surface area contributed by atoms with E-state index in [1.165, 1.54) is 17.3 Å². The average Bonchev–Trinajstić information content (AvgIpc) is 2.65. The van der Waals surface area contributed by atoms with E-state index in [-0.39, 0.29) is 11.3 Å². The number of nitrogens with zero attached hydrogens (tertiary/aromatic N) is 2. The number of ketones is 1. The van der Waals surface area contributed by atoms with Crippen LogP contribution in [0.2, 0.25) is 0 Å². The second-order valence-corrected chi connectivity index (χ2v) is 7.45. The van der Waals surface area contributed by atoms with Crippen LogP contribution < -0.4 is 10.5 Å². The van der Waals surface area contributed by atoms with E-state index in [1.54, 1.807) is 18.2 Å². The lowest BCUT2D eigenvalue weighted by Gasteiger charge is -2.37. The molecule has 27 heavy (non-hydrogen) atoms. The number of carbonyl (C=O) groups is 1. The van der Waals surface area contributed by atoms with Crippen molar-refractivity contribution in [2.45, 2.75) is 25.7 Å². The first-order valence-electron chi connectivity index (χ1n) is 9.48. The third kappa shape index (κ3) is 3.29. The molecule has 1 aromatic heterocycles. The van der Waals surface area contributed by atoms with E-state index in [9.17, 15) is 9.59 Å². The molecule has 1 aromatic carbocycles. The van der Waals surface area contributed by atoms with Crippen molar-refractivity contribution >= 4 is 22.4 Å². The lowest BCUT2D eigenvalue weighted by atomic mass is 9.90. The van der Waals surface area contributed by atoms with E-state index in [1.807, 2.05) is 25.2 Å². The van der Waals surface area contributed by atoms with Gasteiger partial charge in [-0.25, -0.2) is 4.79 Å². The van der Waals surface area contributed by atoms with Gasteiger partial charge >= 0.3 is 5.63 Å². The summed E-state index contributed by atoms with van der Waals surface area (Å²) in [5.74, 6) is -0.331. The van der Waals surface area contributed by atoms with Crippen LogP contribution in [0, 0.1) is 0 Å². The molecule has 2 aromatic rings. The van der Waals surface area contributed by atoms with E-state index >= 15 is 0 Å². The van der Waals surface area contributed by atoms with Crippen LogP contribution in [-0.4, -0.2) is 37.9 Å². The lowest BCUT2D eigenvalue weighted by molar-refractivity contribution is 0.104. The van der Waals surface area contributed by atoms with Crippen molar-refractivity contribution in [3.63, 3.8) is 0 Å². The molecule has 0 saturated heterocycles. The van der Waals surface area contributed by atoms with E-state index in [2.05, 4.69) is 11.0 Å². The van der Waals surface area contributed by atoms with Gasteiger partial charge in [-0.2, -0.15) is 0 Å². The van der Waals surface area contributed by atoms with Crippen LogP contribution in [0.4, 0.5) is 5.69 Å². The van der Waals surface area contributed by atoms with E-state index < -0.39 is 5.63 Å². The van der Waals surface area contributed by atoms with Gasteiger partial charge < -0.3 is 14.2 Å². The maximum Gasteiger partial charge on any atom is 0.347 e. The zero-order valence-corrected chi connectivity index (χ0v) is 15.8. The number of benzene rings is 1. The Morgan fingerprint density at radius 1 is 1.15 bits per heavy atom. The molecule has 0 radical (unpaired) electrons. The van der Waals surface area contributed by atoms with Crippen molar-refractivity contribution in [2.24, 2.45) is 0 Å². The number of hydrogen-bond donors (Lipinski definition) is 0. The van der Waals surface area contributed by atoms with Crippen LogP contribution in [0.15, 0.2) is 45.8 Å². The smallest absolute Gasteiger partial charge is 0.347 e. The van der Waals surface area contributed by atoms with Crippen molar-refractivity contribution in [1.82, 2.24) is 4.90 Å². The molecule has 0 atom stereocenters. The van der Waals surface area contributed by atoms with Gasteiger partial charge in [-0.3, -0.25) is 4.79 Å². The molecule has 0 bridgehead atoms. The van der Waals surface area contributed by atoms with Gasteiger partial charge in [0.1, 0.15) is 11.1 Å². The molecule has 0 amide bonds. The fraction of sp³-hybridized carbons (Fsp3) is 0.364. The molecule has 2 aliphatic rings. The van der Waals surface area contributed by atoms with Gasteiger partial charge in [-0.05, 0) is 61.7 Å². The molecule has 4 rings (SSSR count). The maximum absolute atomic E-state index is 12.5. The topological polar surface area (TPSA) is 53.8 Å². The fourth-order valence-electron chi connectivity index (χ4n) is 4.07. The van der Waals surface area contributed by atoms with Crippen LogP contribution in [0.3, 0.4) is 0 Å². The third-order valence-electron chi connectivity index (χ3n) is 5.22. The van der Waals surface area contributed by atoms with E-state index in [0.29, 0.717) is 5.58 Å². The molecule has 0 fully saturated rings. The second-order valence-electron chi connectivity index (χ2n) is 7.45. The number of carbonyl (C=O) groups excluding carboxylic acids is 1. The van der Waals surface area contributed by atoms with Gasteiger partial charge in [0, 0.05) is 43.8 Å². The number of hydrogen-bond acceptors (Lipinski definition) is 5. The first-order chi connectivity index (χ1) is 13.0. The Morgan fingerprint density at radius 3 is 2.70 bits per heavy atom. The Hall–Kier alpha value is -2.82. The fourth-order valence-corrected chi connectivity index (χ4v) is 4.07. The molecule has 0 saturated carbocycles. The van der Waals surface area contributed by atoms with Gasteiger partial charge in [0.05, 0.1) is 0 Å². The molecule has 140 valence electrons. The van der Waals surface area contributed by atoms with Crippen LogP contribution >= 0.6 is 0 Å². The minimum absolute atomic E-state index is 0.0904. The summed E-state index contributed by atoms with van der Waals surface area (Å²) in [6, 6.07) is 3.80. The van der Waals surface area contributed by atoms with Crippen molar-refractivity contribution in [2.75, 3.05) is 32.1 Å². The monoisotopic (exact) mass is 364 g/mol. The standard InChI is InChI=1S/C22H24N2O3/c1-23(2)10-4-3-9-19(25)18-14-16-13-15-7-5-11-24-12-6-8-17(20(15)24)21(16)27-22(18)26/h3-4,9-10,13-14H,5-8,11-12H2,1-2H3. The quantitative estimate of drug-likeness (QED) is 0.361. The summed E-state index contributed by atoms with van der Waals surface area (Å²) in [4.78, 5) is 29.2. The summed E-state index contributed by atoms with van der Waals surface area (Å²) in [5, 5.41) is 0.854. The molecule has 5 nitrogen and oxygen atoms in total. The molecular weight excluding hydrogens is 340 g/mol. The summed E-state index contributed by atoms with van der Waals surface area (Å²) >= 11 is 0. The highest BCUT2D eigenvalue weighted by Gasteiger charge is 2.27. The Balaban J connectivity index is 1.77. The zero-order chi connectivity index (χ0) is 19.0. The average molecular weight is 364 g/mol. The maximum atomic E-state index is 12.5. The number of anilines is 1. The van der Waals surface area contributed by atoms with Crippen LogP contribution in [-0.2, 0) is 12.8 Å². The molecule has 0 aliphatic carbocycles. The number of allylic oxidation sites excluding steroid dienone is 3. The molecule has 5 heteroatoms. The molecule has 3 heterocycles. The van der Waals surface area contributed by atoms with Crippen LogP contribution in [0.5, 0.6) is 0 Å². The Kier molecular flexibility index (Phi) is 4.60. The van der Waals surface area contributed by atoms with Crippen LogP contribution in [0.25, 0.3) is 11.0 Å². The van der Waals surface area contributed by atoms with Gasteiger partial charge in [-0.15, -0.1) is 0 Å². The molecule has 0 spiro atoms. The first-order valence-corrected chi connectivity index (χ1v) is 9.48. The largest absolute Gasteiger partial charge is 0.422 e. The minimum Gasteiger partial charge on any atom is -0.422 e. The van der Waals surface area contributed by atoms with Gasteiger partial charge in [0.2, 0.25) is 0 Å². The summed E-state index contributed by atoms with van der Waals surface area (Å²) in [6.45, 7) is 2.13. The van der Waals surface area contributed by atoms with Crippen LogP contribution in [0.1, 0.15) is 34.3 Å². The van der Waals surface area contributed by atoms with E-state index in [0.717, 1.165) is 49.7 Å². The molecule has 2 aliphatic heterocycles. The summed E-state index contributed by atoms with van der Waals surface area (Å²) in [6.07, 6.45) is 10.8. The molecule has 0 unspecified atom stereocenters. The highest BCUT2D eigenvalue weighted by molar-refractivity contribution is 6.06. The van der Waals surface area contributed by atoms with Crippen molar-refractivity contribution in [3.8, 4) is 0 Å². The van der Waals surface area contributed by atoms with Gasteiger partial charge in [0.25, 0.3) is 0 Å². The number of rotatable bonds is 4. The predicted molar refractivity (Wildman–Crippen MR) is 108 cm³/mol. The molecular formula is C22H24N2O3. The normalized spacial score (nSPS) is 16.3. The highest BCUT2D eigenvalue weighted by Crippen LogP contribution is 2.39. The second kappa shape index (κ2) is 7.06. The Morgan fingerprint density at radius 2 is 1.93 bits per heavy atom. The zero-order valence-electron chi connectivity index (χ0n) is 15.8. The number of aryl methyl sites for hydroxylation is 2. The predicted octanol–water partition coefficient (Wildman–Crippen LogP) is 3.31. The van der Waals surface area contributed by atoms with Crippen molar-refractivity contribution in [3.05, 3.63) is 63.7 Å². The minimum atomic E-state index is -0.558. The highest BCUT2D eigenvalue weighted by atomic mass is 16.4. The first kappa shape index (κ1) is 17.6. The lowest BCUT2D eigenvalue weighted by Crippen LogP contribution is -2.34. The third-order valence-corrected chi connectivity index (χ3v) is 5.22. The Bertz CT molecular complexity index is 1010. The van der Waals surface area contributed by atoms with Gasteiger partial charge in [0.15, 0.2) is 5.78 Å². The summed E-state index contributed by atoms with van der Waals surface area (Å²) in [5.41, 5.74) is 3.88. The summed E-state index contributed by atoms with van der Waals surface area (Å²) in [7, 11) is 3.80. The van der Waals surface area contributed by atoms with E-state index in [4.69, 9.17) is 4.42 Å². The summed E-state index contributed by atoms with van der Waals surface area (Å²) < 4.78 is 5.67. The Labute approximate surface area is 158 Å². The number of fused-ring (bicyclic) bond motifs is 2. The van der Waals surface area contributed by atoms with Crippen molar-refractivity contribution < 1.29 is 9.21 Å². The molecule has 0 N–H and O–H groups in total. The SMILES string of the molecule is CN(C)C=CC=CC(=O)c1cc2cc3c4c(c2oc1=O)CCCN4CCC3. The van der Waals surface area contributed by atoms with Crippen molar-refractivity contribution in [1.29, 1.82) is 0 Å². The van der Waals surface area contributed by atoms with Gasteiger partial charge in [-0.1, -0.05) is 6.08 Å².